The van der Waals surface area contributed by atoms with Crippen LogP contribution in [-0.2, 0) is 65.8 Å². The molecule has 1 radical (unpaired) electrons. The van der Waals surface area contributed by atoms with Gasteiger partial charge in [-0.2, -0.15) is 31.8 Å². The third-order valence-corrected chi connectivity index (χ3v) is 11.9. The van der Waals surface area contributed by atoms with Crippen LogP contribution < -0.4 is 10.6 Å². The quantitative estimate of drug-likeness (QED) is 0.00438. The zero-order valence-corrected chi connectivity index (χ0v) is 36.9. The molecule has 5 rings (SSSR count). The maximum absolute atomic E-state index is 12.8. The Balaban J connectivity index is 0.00000925. The molecule has 349 valence electrons. The van der Waals surface area contributed by atoms with Crippen LogP contribution in [0.5, 0.6) is 5.75 Å². The van der Waals surface area contributed by atoms with E-state index < -0.39 is 88.4 Å². The van der Waals surface area contributed by atoms with Crippen LogP contribution in [0.1, 0.15) is 15.9 Å². The normalized spacial score (nSPS) is 12.1. The zero-order chi connectivity index (χ0) is 46.7. The molecule has 0 fully saturated rings. The molecule has 0 aliphatic rings. The summed E-state index contributed by atoms with van der Waals surface area (Å²) < 4.78 is 99.4. The van der Waals surface area contributed by atoms with Crippen LogP contribution in [0.2, 0.25) is 0 Å². The minimum absolute atomic E-state index is 0. The molecule has 32 heteroatoms. The van der Waals surface area contributed by atoms with Gasteiger partial charge in [0.05, 0.1) is 45.6 Å². The van der Waals surface area contributed by atoms with Gasteiger partial charge in [0.25, 0.3) is 10.1 Å². The number of carboxylic acid groups (broad SMARTS) is 2. The number of nitrogens with one attached hydrogen (secondary N) is 2. The van der Waals surface area contributed by atoms with Crippen molar-refractivity contribution in [2.75, 3.05) is 28.7 Å². The predicted octanol–water partition coefficient (Wildman–Crippen LogP) is 5.36. The number of sulfone groups is 1. The monoisotopic (exact) mass is 1040 g/mol. The van der Waals surface area contributed by atoms with Crippen LogP contribution in [-0.4, -0.2) is 106 Å². The number of amidine groups is 1. The van der Waals surface area contributed by atoms with Crippen LogP contribution in [0, 0.1) is 0 Å². The Kier molecular flexibility index (Phi) is 18.2. The Morgan fingerprint density at radius 3 is 2.18 bits per heavy atom. The molecule has 1 aromatic heterocycles. The second-order valence-electron chi connectivity index (χ2n) is 11.9. The van der Waals surface area contributed by atoms with E-state index >= 15 is 0 Å². The van der Waals surface area contributed by atoms with Crippen molar-refractivity contribution in [1.29, 1.82) is 0 Å². The number of aliphatic carboxylic acids is 1. The average Bonchev–Trinajstić information content (AvgIpc) is 3.23. The summed E-state index contributed by atoms with van der Waals surface area (Å²) in [7, 11) is -14.1. The van der Waals surface area contributed by atoms with Crippen molar-refractivity contribution in [3.05, 3.63) is 101 Å². The maximum atomic E-state index is 12.8. The summed E-state index contributed by atoms with van der Waals surface area (Å²) in [6.45, 7) is -0.900. The van der Waals surface area contributed by atoms with E-state index in [2.05, 4.69) is 59.9 Å². The van der Waals surface area contributed by atoms with Crippen LogP contribution in [0.4, 0.5) is 34.6 Å². The van der Waals surface area contributed by atoms with E-state index in [1.165, 1.54) is 42.5 Å². The minimum atomic E-state index is -5.04. The number of aromatic nitrogens is 3. The number of phenols is 1. The summed E-state index contributed by atoms with van der Waals surface area (Å²) in [6.07, 6.45) is 0. The number of hydrogen-bond acceptors (Lipinski definition) is 22. The van der Waals surface area contributed by atoms with Crippen molar-refractivity contribution in [2.45, 2.75) is 19.8 Å². The van der Waals surface area contributed by atoms with Crippen molar-refractivity contribution < 1.29 is 95.1 Å². The van der Waals surface area contributed by atoms with E-state index in [0.29, 0.717) is 23.8 Å². The third-order valence-electron chi connectivity index (χ3n) is 7.48. The van der Waals surface area contributed by atoms with Crippen LogP contribution in [0.25, 0.3) is 5.43 Å². The molecule has 0 saturated heterocycles. The molecule has 0 saturated carbocycles. The molecule has 4 aromatic carbocycles. The number of nitrogens with zero attached hydrogens (tertiary/aromatic N) is 7. The topological polar surface area (TPSA) is 400 Å². The number of anilines is 4. The molecule has 0 amide bonds. The van der Waals surface area contributed by atoms with E-state index in [-0.39, 0.29) is 66.3 Å². The van der Waals surface area contributed by atoms with Gasteiger partial charge in [-0.25, -0.2) is 22.7 Å². The van der Waals surface area contributed by atoms with Gasteiger partial charge in [-0.05, 0) is 42.5 Å². The number of phenolic OH excluding ortho intramolecular Hbond substituents is 1. The average molecular weight is 1050 g/mol. The molecule has 0 aliphatic heterocycles. The smallest absolute Gasteiger partial charge is 0.397 e. The van der Waals surface area contributed by atoms with Crippen molar-refractivity contribution in [1.82, 2.24) is 15.0 Å². The van der Waals surface area contributed by atoms with Gasteiger partial charge in [0.1, 0.15) is 5.69 Å². The van der Waals surface area contributed by atoms with Gasteiger partial charge in [-0.1, -0.05) is 59.3 Å². The molecule has 0 aliphatic carbocycles. The molecule has 5 aromatic rings. The molecule has 0 atom stereocenters. The molecule has 0 spiro atoms. The number of rotatable bonds is 21. The van der Waals surface area contributed by atoms with Gasteiger partial charge < -0.3 is 36.5 Å². The summed E-state index contributed by atoms with van der Waals surface area (Å²) in [4.78, 5) is 34.7. The zero-order valence-electron chi connectivity index (χ0n) is 31.9. The summed E-state index contributed by atoms with van der Waals surface area (Å²) in [5.41, 5.74) is 2.60. The SMILES string of the molecule is O=C(O)CSc1nc(Nc2cccc(S(=O)(=O)CCOS(=O)(=O)O)c2)nc(Nc2cc(S(=O)(=O)O)cc(N=NC(=N[N-]c3ccc(SOOO)cc3C(=O)O)c3ccccc3)c2O)n1.[Cu]. The van der Waals surface area contributed by atoms with Crippen molar-refractivity contribution >= 4 is 107 Å². The standard InChI is InChI=1S/C33H29N9O17S5.Cu/c43-27(44)17-60-33-37-31(34-19-7-4-8-21(13-19)62(49,50)12-11-57-64(54,55)56)36-32(38-33)35-25-15-22(63(51,52)53)16-26(28(25)45)40-42-29(18-5-2-1-3-6-18)41-39-24-10-9-20(61-59-58-48)14-23(24)30(46)47;/h1-10,13-16H,11-12,17H2,(H9,34,35,36,37,38,39,40,41,42,43,44,45,46,47,48,51,52,53,54,55,56);/p-1. The fraction of sp³-hybridized carbons (Fsp3) is 0.0909. The maximum Gasteiger partial charge on any atom is 0.397 e. The molecule has 65 heavy (non-hydrogen) atoms. The van der Waals surface area contributed by atoms with E-state index in [1.807, 2.05) is 0 Å². The van der Waals surface area contributed by atoms with Gasteiger partial charge in [0, 0.05) is 38.8 Å². The van der Waals surface area contributed by atoms with Crippen LogP contribution in [0.3, 0.4) is 0 Å². The Morgan fingerprint density at radius 1 is 0.831 bits per heavy atom. The summed E-state index contributed by atoms with van der Waals surface area (Å²) >= 11 is 1.09. The number of hydrogen-bond donors (Lipinski definition) is 8. The van der Waals surface area contributed by atoms with Crippen molar-refractivity contribution in [3.8, 4) is 5.75 Å². The van der Waals surface area contributed by atoms with Gasteiger partial charge in [0.15, 0.2) is 26.6 Å². The van der Waals surface area contributed by atoms with E-state index in [0.717, 1.165) is 24.3 Å². The molecule has 8 N–H and O–H groups in total. The van der Waals surface area contributed by atoms with Crippen LogP contribution in [0.15, 0.2) is 120 Å². The molecule has 26 nitrogen and oxygen atoms in total. The number of carbonyl (C=O) groups is 2. The van der Waals surface area contributed by atoms with Gasteiger partial charge in [0.2, 0.25) is 11.9 Å². The first kappa shape index (κ1) is 51.8. The number of benzene rings is 4. The number of carboxylic acids is 2. The number of aromatic hydroxyl groups is 1. The first-order chi connectivity index (χ1) is 30.2. The molecular weight excluding hydrogens is 1020 g/mol. The summed E-state index contributed by atoms with van der Waals surface area (Å²) in [5, 5.41) is 59.3. The molecule has 0 unspecified atom stereocenters. The Morgan fingerprint density at radius 2 is 1.54 bits per heavy atom. The molecular formula is C33H28CuN9O17S5-. The molecule has 1 heterocycles. The van der Waals surface area contributed by atoms with E-state index in [4.69, 9.17) is 9.81 Å². The van der Waals surface area contributed by atoms with E-state index in [9.17, 15) is 54.7 Å². The third kappa shape index (κ3) is 15.7. The first-order valence-corrected chi connectivity index (χ1v) is 23.1. The fourth-order valence-corrected chi connectivity index (χ4v) is 7.77. The second kappa shape index (κ2) is 22.8. The summed E-state index contributed by atoms with van der Waals surface area (Å²) in [5.74, 6) is -6.04. The Hall–Kier alpha value is -5.87. The second-order valence-corrected chi connectivity index (χ2v) is 18.2. The van der Waals surface area contributed by atoms with Gasteiger partial charge in [-0.3, -0.25) is 13.9 Å². The van der Waals surface area contributed by atoms with Gasteiger partial charge in [-0.15, -0.1) is 20.2 Å². The Labute approximate surface area is 385 Å². The van der Waals surface area contributed by atoms with Crippen molar-refractivity contribution in [2.24, 2.45) is 15.3 Å². The minimum Gasteiger partial charge on any atom is -0.573 e. The largest absolute Gasteiger partial charge is 0.573 e. The Bertz CT molecular complexity index is 2950. The first-order valence-electron chi connectivity index (χ1n) is 16.9. The number of aromatic carboxylic acids is 1. The summed E-state index contributed by atoms with van der Waals surface area (Å²) in [6, 6.07) is 18.1. The van der Waals surface area contributed by atoms with E-state index in [1.54, 1.807) is 18.2 Å². The fourth-order valence-electron chi connectivity index (χ4n) is 4.76. The molecule has 0 bridgehead atoms. The van der Waals surface area contributed by atoms with Crippen molar-refractivity contribution in [3.63, 3.8) is 0 Å². The van der Waals surface area contributed by atoms with Gasteiger partial charge >= 0.3 is 22.3 Å². The number of thioether (sulfide) groups is 1. The number of azo groups is 1. The predicted molar refractivity (Wildman–Crippen MR) is 223 cm³/mol. The van der Waals surface area contributed by atoms with Crippen LogP contribution >= 0.6 is 23.8 Å².